The smallest absolute Gasteiger partial charge is 0.234 e. The molecule has 0 radical (unpaired) electrons. The maximum Gasteiger partial charge on any atom is 0.234 e. The molecule has 4 rings (SSSR count). The number of hydrogen-bond donors (Lipinski definition) is 1. The summed E-state index contributed by atoms with van der Waals surface area (Å²) in [6.07, 6.45) is 3.78. The van der Waals surface area contributed by atoms with Gasteiger partial charge >= 0.3 is 0 Å². The number of ether oxygens (including phenoxy) is 1. The van der Waals surface area contributed by atoms with Gasteiger partial charge in [-0.3, -0.25) is 9.47 Å². The number of rotatable bonds is 7. The molecule has 0 atom stereocenters. The molecule has 0 aliphatic carbocycles. The Hall–Kier alpha value is -3.23. The lowest BCUT2D eigenvalue weighted by atomic mass is 10.2. The fourth-order valence-electron chi connectivity index (χ4n) is 2.87. The first-order valence-corrected chi connectivity index (χ1v) is 10.4. The minimum atomic E-state index is -0.167. The van der Waals surface area contributed by atoms with Crippen molar-refractivity contribution in [2.24, 2.45) is 0 Å². The number of methoxy groups -OCH3 is 1. The lowest BCUT2D eigenvalue weighted by molar-refractivity contribution is -0.113. The van der Waals surface area contributed by atoms with Gasteiger partial charge in [0.05, 0.1) is 18.6 Å². The molecule has 4 aromatic rings. The fraction of sp³-hybridized carbons (Fsp3) is 0.0952. The second kappa shape index (κ2) is 9.06. The van der Waals surface area contributed by atoms with E-state index in [9.17, 15) is 4.79 Å². The highest BCUT2D eigenvalue weighted by Gasteiger charge is 2.17. The van der Waals surface area contributed by atoms with Gasteiger partial charge in [-0.05, 0) is 48.5 Å². The van der Waals surface area contributed by atoms with E-state index in [1.165, 1.54) is 11.8 Å². The highest BCUT2D eigenvalue weighted by Crippen LogP contribution is 2.27. The minimum absolute atomic E-state index is 0.165. The lowest BCUT2D eigenvalue weighted by Gasteiger charge is -2.12. The summed E-state index contributed by atoms with van der Waals surface area (Å²) in [5.41, 5.74) is 1.49. The third kappa shape index (κ3) is 4.34. The Morgan fingerprint density at radius 1 is 1.07 bits per heavy atom. The molecule has 0 spiro atoms. The van der Waals surface area contributed by atoms with Crippen LogP contribution >= 0.6 is 23.4 Å². The molecule has 152 valence electrons. The van der Waals surface area contributed by atoms with Crippen LogP contribution in [0.2, 0.25) is 5.02 Å². The molecule has 0 saturated carbocycles. The highest BCUT2D eigenvalue weighted by atomic mass is 35.5. The number of benzene rings is 2. The van der Waals surface area contributed by atoms with Gasteiger partial charge in [0.15, 0.2) is 5.82 Å². The minimum Gasteiger partial charge on any atom is -0.495 e. The standard InChI is InChI=1S/C21H18ClN5O2S/c1-29-18-7-3-2-6-17(18)23-19(28)14-30-21-25-24-20(15-8-10-16(22)11-9-15)27(21)26-12-4-5-13-26/h2-13H,14H2,1H3,(H,23,28). The Labute approximate surface area is 182 Å². The fourth-order valence-corrected chi connectivity index (χ4v) is 3.73. The van der Waals surface area contributed by atoms with Crippen LogP contribution in [-0.2, 0) is 4.79 Å². The summed E-state index contributed by atoms with van der Waals surface area (Å²) in [5, 5.41) is 12.7. The lowest BCUT2D eigenvalue weighted by Crippen LogP contribution is -2.16. The average molecular weight is 440 g/mol. The molecule has 30 heavy (non-hydrogen) atoms. The summed E-state index contributed by atoms with van der Waals surface area (Å²) in [6.45, 7) is 0. The monoisotopic (exact) mass is 439 g/mol. The molecule has 2 aromatic heterocycles. The number of halogens is 1. The van der Waals surface area contributed by atoms with E-state index in [4.69, 9.17) is 16.3 Å². The predicted octanol–water partition coefficient (Wildman–Crippen LogP) is 4.45. The molecule has 0 bridgehead atoms. The van der Waals surface area contributed by atoms with Crippen LogP contribution in [0.15, 0.2) is 78.2 Å². The van der Waals surface area contributed by atoms with Crippen molar-refractivity contribution in [1.82, 2.24) is 19.5 Å². The zero-order valence-corrected chi connectivity index (χ0v) is 17.6. The molecule has 0 aliphatic heterocycles. The van der Waals surface area contributed by atoms with Crippen molar-refractivity contribution in [1.29, 1.82) is 0 Å². The van der Waals surface area contributed by atoms with Crippen molar-refractivity contribution in [2.45, 2.75) is 5.16 Å². The summed E-state index contributed by atoms with van der Waals surface area (Å²) in [6, 6.07) is 18.5. The van der Waals surface area contributed by atoms with Gasteiger partial charge in [-0.15, -0.1) is 10.2 Å². The Balaban J connectivity index is 1.56. The predicted molar refractivity (Wildman–Crippen MR) is 118 cm³/mol. The summed E-state index contributed by atoms with van der Waals surface area (Å²) in [7, 11) is 1.57. The van der Waals surface area contributed by atoms with E-state index >= 15 is 0 Å². The number of hydrogen-bond acceptors (Lipinski definition) is 5. The molecule has 1 N–H and O–H groups in total. The van der Waals surface area contributed by atoms with Gasteiger partial charge in [0.25, 0.3) is 0 Å². The molecular formula is C21H18ClN5O2S. The number of carbonyl (C=O) groups excluding carboxylic acids is 1. The molecule has 2 heterocycles. The van der Waals surface area contributed by atoms with Gasteiger partial charge in [-0.1, -0.05) is 35.5 Å². The topological polar surface area (TPSA) is 74.0 Å². The van der Waals surface area contributed by atoms with Gasteiger partial charge in [0.2, 0.25) is 11.1 Å². The molecule has 0 unspecified atom stereocenters. The Bertz CT molecular complexity index is 1140. The third-order valence-electron chi connectivity index (χ3n) is 4.25. The van der Waals surface area contributed by atoms with Gasteiger partial charge in [-0.25, -0.2) is 4.68 Å². The third-order valence-corrected chi connectivity index (χ3v) is 5.42. The molecule has 9 heteroatoms. The van der Waals surface area contributed by atoms with Crippen LogP contribution in [0.3, 0.4) is 0 Å². The van der Waals surface area contributed by atoms with Crippen LogP contribution in [0.1, 0.15) is 0 Å². The largest absolute Gasteiger partial charge is 0.495 e. The van der Waals surface area contributed by atoms with Crippen LogP contribution in [0.4, 0.5) is 5.69 Å². The van der Waals surface area contributed by atoms with Gasteiger partial charge in [0, 0.05) is 23.0 Å². The van der Waals surface area contributed by atoms with Crippen molar-refractivity contribution in [3.63, 3.8) is 0 Å². The second-order valence-corrected chi connectivity index (χ2v) is 7.60. The summed E-state index contributed by atoms with van der Waals surface area (Å²) >= 11 is 7.31. The molecule has 7 nitrogen and oxygen atoms in total. The van der Waals surface area contributed by atoms with Crippen molar-refractivity contribution < 1.29 is 9.53 Å². The van der Waals surface area contributed by atoms with Gasteiger partial charge < -0.3 is 10.1 Å². The molecule has 2 aromatic carbocycles. The van der Waals surface area contributed by atoms with Crippen LogP contribution in [-0.4, -0.2) is 38.3 Å². The van der Waals surface area contributed by atoms with E-state index < -0.39 is 0 Å². The van der Waals surface area contributed by atoms with E-state index in [0.29, 0.717) is 27.4 Å². The number of para-hydroxylation sites is 2. The van der Waals surface area contributed by atoms with Gasteiger partial charge in [-0.2, -0.15) is 0 Å². The first kappa shape index (κ1) is 20.1. The Morgan fingerprint density at radius 3 is 2.53 bits per heavy atom. The number of aromatic nitrogens is 4. The Kier molecular flexibility index (Phi) is 6.06. The van der Waals surface area contributed by atoms with Crippen LogP contribution < -0.4 is 10.1 Å². The molecule has 1 amide bonds. The molecule has 0 fully saturated rings. The normalized spacial score (nSPS) is 10.7. The highest BCUT2D eigenvalue weighted by molar-refractivity contribution is 7.99. The maximum absolute atomic E-state index is 12.5. The maximum atomic E-state index is 12.5. The van der Waals surface area contributed by atoms with Crippen molar-refractivity contribution in [3.8, 4) is 17.1 Å². The van der Waals surface area contributed by atoms with E-state index in [2.05, 4.69) is 15.5 Å². The SMILES string of the molecule is COc1ccccc1NC(=O)CSc1nnc(-c2ccc(Cl)cc2)n1-n1cccc1. The number of thioether (sulfide) groups is 1. The summed E-state index contributed by atoms with van der Waals surface area (Å²) in [5.74, 6) is 1.25. The number of amides is 1. The summed E-state index contributed by atoms with van der Waals surface area (Å²) < 4.78 is 8.99. The first-order chi connectivity index (χ1) is 14.7. The molecule has 0 aliphatic rings. The molecule has 0 saturated heterocycles. The summed E-state index contributed by atoms with van der Waals surface area (Å²) in [4.78, 5) is 12.5. The Morgan fingerprint density at radius 2 is 1.80 bits per heavy atom. The van der Waals surface area contributed by atoms with E-state index in [1.807, 2.05) is 58.1 Å². The average Bonchev–Trinajstić information content (AvgIpc) is 3.43. The van der Waals surface area contributed by atoms with E-state index in [0.717, 1.165) is 5.56 Å². The quantitative estimate of drug-likeness (QED) is 0.430. The van der Waals surface area contributed by atoms with E-state index in [1.54, 1.807) is 31.4 Å². The number of carbonyl (C=O) groups is 1. The van der Waals surface area contributed by atoms with Crippen molar-refractivity contribution in [3.05, 3.63) is 78.1 Å². The second-order valence-electron chi connectivity index (χ2n) is 6.23. The van der Waals surface area contributed by atoms with Gasteiger partial charge in [0.1, 0.15) is 5.75 Å². The van der Waals surface area contributed by atoms with Crippen LogP contribution in [0.25, 0.3) is 11.4 Å². The number of anilines is 1. The van der Waals surface area contributed by atoms with Crippen molar-refractivity contribution >= 4 is 35.0 Å². The zero-order chi connectivity index (χ0) is 20.9. The van der Waals surface area contributed by atoms with Crippen molar-refractivity contribution in [2.75, 3.05) is 18.2 Å². The number of nitrogens with one attached hydrogen (secondary N) is 1. The van der Waals surface area contributed by atoms with Crippen LogP contribution in [0, 0.1) is 0 Å². The molecular weight excluding hydrogens is 422 g/mol. The first-order valence-electron chi connectivity index (χ1n) is 9.06. The van der Waals surface area contributed by atoms with E-state index in [-0.39, 0.29) is 11.7 Å². The zero-order valence-electron chi connectivity index (χ0n) is 16.0. The van der Waals surface area contributed by atoms with Crippen LogP contribution in [0.5, 0.6) is 5.75 Å². The number of nitrogens with zero attached hydrogens (tertiary/aromatic N) is 4.